The highest BCUT2D eigenvalue weighted by Crippen LogP contribution is 2.29. The zero-order valence-corrected chi connectivity index (χ0v) is 17.2. The number of nitrogens with zero attached hydrogens (tertiary/aromatic N) is 1. The Bertz CT molecular complexity index is 968. The number of rotatable bonds is 1. The van der Waals surface area contributed by atoms with Gasteiger partial charge in [0, 0.05) is 18.4 Å². The summed E-state index contributed by atoms with van der Waals surface area (Å²) in [6, 6.07) is 12.3. The molecule has 0 amide bonds. The number of aryl methyl sites for hydroxylation is 2. The van der Waals surface area contributed by atoms with Crippen molar-refractivity contribution >= 4 is 25.3 Å². The van der Waals surface area contributed by atoms with Gasteiger partial charge >= 0.3 is 0 Å². The van der Waals surface area contributed by atoms with Crippen LogP contribution in [0.3, 0.4) is 0 Å². The van der Waals surface area contributed by atoms with Crippen LogP contribution in [0.4, 0.5) is 5.69 Å². The standard InChI is InChI=1S/C23H25NOSi/c1-16-11-20-14-21(25)15-23(24-22(20)12-17(16)2)19-8-6-7-18(13-19)9-10-26(3,4)5/h6-8,11-13H,14-15H2,1-5H3. The molecule has 3 rings (SSSR count). The van der Waals surface area contributed by atoms with Crippen LogP contribution in [0.25, 0.3) is 0 Å². The Morgan fingerprint density at radius 3 is 2.46 bits per heavy atom. The number of ketones is 1. The predicted molar refractivity (Wildman–Crippen MR) is 112 cm³/mol. The normalized spacial score (nSPS) is 14.0. The highest BCUT2D eigenvalue weighted by molar-refractivity contribution is 6.83. The van der Waals surface area contributed by atoms with Gasteiger partial charge in [0.15, 0.2) is 0 Å². The van der Waals surface area contributed by atoms with E-state index < -0.39 is 8.07 Å². The summed E-state index contributed by atoms with van der Waals surface area (Å²) in [6.07, 6.45) is 0.830. The zero-order valence-electron chi connectivity index (χ0n) is 16.2. The third kappa shape index (κ3) is 4.39. The average Bonchev–Trinajstić information content (AvgIpc) is 2.71. The van der Waals surface area contributed by atoms with Crippen molar-refractivity contribution in [3.8, 4) is 11.5 Å². The minimum absolute atomic E-state index is 0.212. The molecule has 0 bridgehead atoms. The summed E-state index contributed by atoms with van der Waals surface area (Å²) in [4.78, 5) is 17.3. The molecule has 0 N–H and O–H groups in total. The molecule has 0 saturated carbocycles. The van der Waals surface area contributed by atoms with E-state index >= 15 is 0 Å². The van der Waals surface area contributed by atoms with Gasteiger partial charge in [0.05, 0.1) is 11.4 Å². The lowest BCUT2D eigenvalue weighted by molar-refractivity contribution is -0.117. The molecule has 1 heterocycles. The van der Waals surface area contributed by atoms with Crippen molar-refractivity contribution < 1.29 is 4.79 Å². The van der Waals surface area contributed by atoms with E-state index in [4.69, 9.17) is 4.99 Å². The number of hydrogen-bond acceptors (Lipinski definition) is 2. The molecular weight excluding hydrogens is 334 g/mol. The van der Waals surface area contributed by atoms with Crippen LogP contribution in [0.5, 0.6) is 0 Å². The van der Waals surface area contributed by atoms with Crippen LogP contribution in [0.1, 0.15) is 34.2 Å². The predicted octanol–water partition coefficient (Wildman–Crippen LogP) is 5.17. The quantitative estimate of drug-likeness (QED) is 0.510. The van der Waals surface area contributed by atoms with Crippen LogP contribution in [0, 0.1) is 25.3 Å². The second-order valence-electron chi connectivity index (χ2n) is 8.10. The molecule has 0 radical (unpaired) electrons. The van der Waals surface area contributed by atoms with Gasteiger partial charge in [0.25, 0.3) is 0 Å². The van der Waals surface area contributed by atoms with Crippen LogP contribution < -0.4 is 0 Å². The second kappa shape index (κ2) is 7.05. The van der Waals surface area contributed by atoms with E-state index in [1.54, 1.807) is 0 Å². The maximum Gasteiger partial charge on any atom is 0.143 e. The second-order valence-corrected chi connectivity index (χ2v) is 12.8. The van der Waals surface area contributed by atoms with Gasteiger partial charge in [0.1, 0.15) is 13.9 Å². The molecule has 1 aliphatic heterocycles. The van der Waals surface area contributed by atoms with Gasteiger partial charge in [0.2, 0.25) is 0 Å². The van der Waals surface area contributed by atoms with Crippen LogP contribution in [0.2, 0.25) is 19.6 Å². The number of fused-ring (bicyclic) bond motifs is 1. The Kier molecular flexibility index (Phi) is 4.98. The number of aliphatic imine (C=N–C) groups is 1. The highest BCUT2D eigenvalue weighted by atomic mass is 28.3. The molecule has 2 aromatic carbocycles. The molecule has 0 spiro atoms. The van der Waals surface area contributed by atoms with Crippen LogP contribution in [-0.4, -0.2) is 19.6 Å². The highest BCUT2D eigenvalue weighted by Gasteiger charge is 2.18. The molecule has 1 aliphatic rings. The summed E-state index contributed by atoms with van der Waals surface area (Å²) < 4.78 is 0. The lowest BCUT2D eigenvalue weighted by atomic mass is 9.99. The Labute approximate surface area is 157 Å². The van der Waals surface area contributed by atoms with Crippen molar-refractivity contribution in [3.05, 3.63) is 64.2 Å². The van der Waals surface area contributed by atoms with Crippen molar-refractivity contribution in [2.24, 2.45) is 4.99 Å². The Morgan fingerprint density at radius 2 is 1.73 bits per heavy atom. The maximum atomic E-state index is 12.5. The molecule has 0 fully saturated rings. The van der Waals surface area contributed by atoms with Gasteiger partial charge < -0.3 is 0 Å². The largest absolute Gasteiger partial charge is 0.299 e. The third-order valence-corrected chi connectivity index (χ3v) is 5.36. The van der Waals surface area contributed by atoms with E-state index in [2.05, 4.69) is 63.2 Å². The Morgan fingerprint density at radius 1 is 1.00 bits per heavy atom. The molecule has 132 valence electrons. The van der Waals surface area contributed by atoms with Crippen LogP contribution >= 0.6 is 0 Å². The van der Waals surface area contributed by atoms with Gasteiger partial charge in [-0.25, -0.2) is 0 Å². The van der Waals surface area contributed by atoms with Crippen molar-refractivity contribution in [2.45, 2.75) is 46.3 Å². The van der Waals surface area contributed by atoms with E-state index in [-0.39, 0.29) is 5.78 Å². The molecule has 0 unspecified atom stereocenters. The summed E-state index contributed by atoms with van der Waals surface area (Å²) in [5.74, 6) is 3.51. The third-order valence-electron chi connectivity index (χ3n) is 4.48. The first kappa shape index (κ1) is 18.4. The lowest BCUT2D eigenvalue weighted by Gasteiger charge is -2.07. The first-order valence-corrected chi connectivity index (χ1v) is 12.5. The molecule has 0 aromatic heterocycles. The fraction of sp³-hybridized carbons (Fsp3) is 0.304. The molecule has 2 aromatic rings. The van der Waals surface area contributed by atoms with Gasteiger partial charge in [-0.2, -0.15) is 0 Å². The molecule has 26 heavy (non-hydrogen) atoms. The van der Waals surface area contributed by atoms with E-state index in [0.29, 0.717) is 12.8 Å². The van der Waals surface area contributed by atoms with E-state index in [9.17, 15) is 4.79 Å². The van der Waals surface area contributed by atoms with Crippen LogP contribution in [0.15, 0.2) is 41.4 Å². The summed E-state index contributed by atoms with van der Waals surface area (Å²) in [5.41, 5.74) is 10.6. The summed E-state index contributed by atoms with van der Waals surface area (Å²) in [5, 5.41) is 0. The maximum absolute atomic E-state index is 12.5. The van der Waals surface area contributed by atoms with Gasteiger partial charge in [-0.1, -0.05) is 43.8 Å². The molecule has 0 aliphatic carbocycles. The van der Waals surface area contributed by atoms with E-state index in [0.717, 1.165) is 28.1 Å². The number of Topliss-reactive ketones (excluding diaryl/α,β-unsaturated/α-hetero) is 1. The molecule has 2 nitrogen and oxygen atoms in total. The SMILES string of the molecule is Cc1cc2c(cc1C)N=C(c1cccc(C#C[Si](C)(C)C)c1)CC(=O)C2. The van der Waals surface area contributed by atoms with Crippen molar-refractivity contribution in [1.82, 2.24) is 0 Å². The number of carbonyl (C=O) groups excluding carboxylic acids is 1. The smallest absolute Gasteiger partial charge is 0.143 e. The van der Waals surface area contributed by atoms with Gasteiger partial charge in [-0.05, 0) is 54.3 Å². The summed E-state index contributed by atoms with van der Waals surface area (Å²) in [6.45, 7) is 10.9. The van der Waals surface area contributed by atoms with Gasteiger partial charge in [-0.3, -0.25) is 9.79 Å². The summed E-state index contributed by atoms with van der Waals surface area (Å²) in [7, 11) is -1.42. The van der Waals surface area contributed by atoms with E-state index in [1.807, 2.05) is 18.2 Å². The first-order chi connectivity index (χ1) is 12.2. The molecule has 0 saturated heterocycles. The zero-order chi connectivity index (χ0) is 18.9. The van der Waals surface area contributed by atoms with Crippen molar-refractivity contribution in [1.29, 1.82) is 0 Å². The fourth-order valence-corrected chi connectivity index (χ4v) is 3.48. The topological polar surface area (TPSA) is 29.4 Å². The summed E-state index contributed by atoms with van der Waals surface area (Å²) >= 11 is 0. The van der Waals surface area contributed by atoms with Crippen molar-refractivity contribution in [2.75, 3.05) is 0 Å². The minimum Gasteiger partial charge on any atom is -0.299 e. The fourth-order valence-electron chi connectivity index (χ4n) is 2.96. The number of hydrogen-bond donors (Lipinski definition) is 0. The first-order valence-electron chi connectivity index (χ1n) is 9.04. The Balaban J connectivity index is 2.05. The van der Waals surface area contributed by atoms with Crippen LogP contribution in [-0.2, 0) is 11.2 Å². The average molecular weight is 360 g/mol. The minimum atomic E-state index is -1.42. The molecular formula is C23H25NOSi. The number of benzene rings is 2. The van der Waals surface area contributed by atoms with Crippen molar-refractivity contribution in [3.63, 3.8) is 0 Å². The number of carbonyl (C=O) groups is 1. The monoisotopic (exact) mass is 359 g/mol. The molecule has 0 atom stereocenters. The lowest BCUT2D eigenvalue weighted by Crippen LogP contribution is -2.16. The Hall–Kier alpha value is -2.44. The van der Waals surface area contributed by atoms with E-state index in [1.165, 1.54) is 11.1 Å². The van der Waals surface area contributed by atoms with Gasteiger partial charge in [-0.15, -0.1) is 5.54 Å². The molecule has 3 heteroatoms.